The molecule has 6 heteroatoms. The molecule has 1 N–H and O–H groups in total. The van der Waals surface area contributed by atoms with Crippen LogP contribution in [0, 0.1) is 0 Å². The monoisotopic (exact) mass is 288 g/mol. The van der Waals surface area contributed by atoms with E-state index >= 15 is 0 Å². The highest BCUT2D eigenvalue weighted by molar-refractivity contribution is 5.62. The fourth-order valence-corrected chi connectivity index (χ4v) is 2.47. The average molecular weight is 288 g/mol. The summed E-state index contributed by atoms with van der Waals surface area (Å²) in [5.41, 5.74) is 0. The molecule has 1 aliphatic rings. The number of carboxylic acid groups (broad SMARTS) is 1. The molecule has 0 spiro atoms. The van der Waals surface area contributed by atoms with E-state index in [1.807, 2.05) is 0 Å². The topological polar surface area (TPSA) is 82.1 Å². The maximum absolute atomic E-state index is 11.3. The van der Waals surface area contributed by atoms with Gasteiger partial charge in [0.1, 0.15) is 6.10 Å². The molecule has 6 nitrogen and oxygen atoms in total. The Labute approximate surface area is 119 Å². The smallest absolute Gasteiger partial charge is 0.447 e. The molecule has 1 rings (SSSR count). The fraction of sp³-hybridized carbons (Fsp3) is 0.857. The molecule has 0 unspecified atom stereocenters. The second-order valence-electron chi connectivity index (χ2n) is 5.18. The molecule has 1 aliphatic carbocycles. The average Bonchev–Trinajstić information content (AvgIpc) is 2.39. The minimum Gasteiger partial charge on any atom is -0.447 e. The third-order valence-corrected chi connectivity index (χ3v) is 3.50. The largest absolute Gasteiger partial charge is 0.550 e. The van der Waals surface area contributed by atoms with Crippen molar-refractivity contribution in [3.8, 4) is 0 Å². The van der Waals surface area contributed by atoms with Gasteiger partial charge in [-0.05, 0) is 25.7 Å². The minimum atomic E-state index is -1.67. The normalized spacial score (nSPS) is 19.2. The Morgan fingerprint density at radius 3 is 1.65 bits per heavy atom. The summed E-state index contributed by atoms with van der Waals surface area (Å²) >= 11 is 0. The van der Waals surface area contributed by atoms with Gasteiger partial charge in [0.05, 0.1) is 0 Å². The summed E-state index contributed by atoms with van der Waals surface area (Å²) in [6.07, 6.45) is 9.25. The summed E-state index contributed by atoms with van der Waals surface area (Å²) in [5, 5.41) is 8.22. The maximum Gasteiger partial charge on any atom is 0.550 e. The van der Waals surface area contributed by atoms with Crippen molar-refractivity contribution in [3.63, 3.8) is 0 Å². The Morgan fingerprint density at radius 1 is 0.750 bits per heavy atom. The molecule has 0 aromatic rings. The first-order valence-corrected chi connectivity index (χ1v) is 7.46. The molecule has 1 fully saturated rings. The van der Waals surface area contributed by atoms with Crippen LogP contribution in [0.15, 0.2) is 0 Å². The van der Waals surface area contributed by atoms with E-state index in [4.69, 9.17) is 9.84 Å². The Kier molecular flexibility index (Phi) is 8.58. The summed E-state index contributed by atoms with van der Waals surface area (Å²) in [5.74, 6) is 0. The first-order chi connectivity index (χ1) is 9.68. The number of ether oxygens (including phenoxy) is 1. The second kappa shape index (κ2) is 10.3. The van der Waals surface area contributed by atoms with Gasteiger partial charge in [0.15, 0.2) is 0 Å². The van der Waals surface area contributed by atoms with Crippen LogP contribution in [-0.4, -0.2) is 23.5 Å². The molecule has 1 saturated carbocycles. The van der Waals surface area contributed by atoms with Gasteiger partial charge in [-0.15, -0.1) is 0 Å². The van der Waals surface area contributed by atoms with E-state index in [1.54, 1.807) is 0 Å². The summed E-state index contributed by atoms with van der Waals surface area (Å²) in [6.45, 7) is 0. The van der Waals surface area contributed by atoms with E-state index in [1.165, 1.54) is 32.1 Å². The lowest BCUT2D eigenvalue weighted by Gasteiger charge is -2.17. The highest BCUT2D eigenvalue weighted by atomic mass is 17.3. The molecular formula is C14H24O6. The van der Waals surface area contributed by atoms with Gasteiger partial charge < -0.3 is 9.84 Å². The molecule has 0 atom stereocenters. The number of carbonyl (C=O) groups is 2. The molecule has 20 heavy (non-hydrogen) atoms. The highest BCUT2D eigenvalue weighted by Gasteiger charge is 2.17. The molecule has 0 amide bonds. The quantitative estimate of drug-likeness (QED) is 0.437. The van der Waals surface area contributed by atoms with Crippen LogP contribution in [0.4, 0.5) is 9.59 Å². The molecule has 0 bridgehead atoms. The maximum atomic E-state index is 11.3. The molecule has 116 valence electrons. The lowest BCUT2D eigenvalue weighted by molar-refractivity contribution is -0.217. The number of hydrogen-bond donors (Lipinski definition) is 1. The predicted molar refractivity (Wildman–Crippen MR) is 71.3 cm³/mol. The van der Waals surface area contributed by atoms with Crippen LogP contribution in [0.25, 0.3) is 0 Å². The zero-order chi connectivity index (χ0) is 14.6. The van der Waals surface area contributed by atoms with Crippen LogP contribution >= 0.6 is 0 Å². The Morgan fingerprint density at radius 2 is 1.20 bits per heavy atom. The second-order valence-corrected chi connectivity index (χ2v) is 5.18. The SMILES string of the molecule is O=C(O)OOC(=O)OC1CCCCCCCCCCC1. The van der Waals surface area contributed by atoms with E-state index < -0.39 is 12.3 Å². The fourth-order valence-electron chi connectivity index (χ4n) is 2.47. The van der Waals surface area contributed by atoms with Gasteiger partial charge in [0.25, 0.3) is 0 Å². The van der Waals surface area contributed by atoms with Crippen LogP contribution in [0.1, 0.15) is 70.6 Å². The van der Waals surface area contributed by atoms with Gasteiger partial charge in [-0.3, -0.25) is 0 Å². The Bertz CT molecular complexity index is 279. The van der Waals surface area contributed by atoms with Crippen LogP contribution in [0.2, 0.25) is 0 Å². The van der Waals surface area contributed by atoms with Gasteiger partial charge in [-0.1, -0.05) is 44.9 Å². The molecule has 0 aromatic heterocycles. The summed E-state index contributed by atoms with van der Waals surface area (Å²) in [6, 6.07) is 0. The van der Waals surface area contributed by atoms with Crippen molar-refractivity contribution >= 4 is 12.3 Å². The van der Waals surface area contributed by atoms with E-state index in [0.29, 0.717) is 0 Å². The lowest BCUT2D eigenvalue weighted by Crippen LogP contribution is -2.20. The van der Waals surface area contributed by atoms with E-state index in [-0.39, 0.29) is 6.10 Å². The number of carbonyl (C=O) groups excluding carboxylic acids is 1. The summed E-state index contributed by atoms with van der Waals surface area (Å²) in [7, 11) is 0. The van der Waals surface area contributed by atoms with Crippen molar-refractivity contribution in [2.45, 2.75) is 76.7 Å². The Balaban J connectivity index is 2.30. The molecule has 0 radical (unpaired) electrons. The zero-order valence-electron chi connectivity index (χ0n) is 11.8. The highest BCUT2D eigenvalue weighted by Crippen LogP contribution is 2.19. The van der Waals surface area contributed by atoms with Crippen molar-refractivity contribution in [1.82, 2.24) is 0 Å². The lowest BCUT2D eigenvalue weighted by atomic mass is 9.99. The number of rotatable bonds is 1. The van der Waals surface area contributed by atoms with Crippen molar-refractivity contribution < 1.29 is 29.2 Å². The predicted octanol–water partition coefficient (Wildman–Crippen LogP) is 4.42. The molecular weight excluding hydrogens is 264 g/mol. The van der Waals surface area contributed by atoms with Gasteiger partial charge in [0.2, 0.25) is 0 Å². The van der Waals surface area contributed by atoms with Crippen molar-refractivity contribution in [2.24, 2.45) is 0 Å². The van der Waals surface area contributed by atoms with Crippen molar-refractivity contribution in [3.05, 3.63) is 0 Å². The minimum absolute atomic E-state index is 0.209. The first kappa shape index (κ1) is 16.6. The zero-order valence-corrected chi connectivity index (χ0v) is 11.8. The third kappa shape index (κ3) is 8.61. The van der Waals surface area contributed by atoms with Gasteiger partial charge in [0, 0.05) is 0 Å². The molecule has 0 aliphatic heterocycles. The van der Waals surface area contributed by atoms with Crippen molar-refractivity contribution in [1.29, 1.82) is 0 Å². The van der Waals surface area contributed by atoms with E-state index in [0.717, 1.165) is 38.5 Å². The van der Waals surface area contributed by atoms with Gasteiger partial charge >= 0.3 is 12.3 Å². The van der Waals surface area contributed by atoms with Gasteiger partial charge in [-0.2, -0.15) is 9.68 Å². The van der Waals surface area contributed by atoms with E-state index in [9.17, 15) is 9.59 Å². The Hall–Kier alpha value is -1.46. The van der Waals surface area contributed by atoms with Crippen LogP contribution < -0.4 is 0 Å². The van der Waals surface area contributed by atoms with Crippen LogP contribution in [0.5, 0.6) is 0 Å². The standard InChI is InChI=1S/C14H24O6/c15-13(16)19-20-14(17)18-12-10-8-6-4-2-1-3-5-7-9-11-12/h12H,1-11H2,(H,15,16). The third-order valence-electron chi connectivity index (χ3n) is 3.50. The molecule has 0 aromatic carbocycles. The molecule has 0 saturated heterocycles. The van der Waals surface area contributed by atoms with Gasteiger partial charge in [-0.25, -0.2) is 9.68 Å². The van der Waals surface area contributed by atoms with Crippen LogP contribution in [-0.2, 0) is 14.5 Å². The van der Waals surface area contributed by atoms with E-state index in [2.05, 4.69) is 9.78 Å². The summed E-state index contributed by atoms with van der Waals surface area (Å²) in [4.78, 5) is 29.1. The summed E-state index contributed by atoms with van der Waals surface area (Å²) < 4.78 is 5.10. The molecule has 0 heterocycles. The number of hydrogen-bond acceptors (Lipinski definition) is 5. The van der Waals surface area contributed by atoms with Crippen LogP contribution in [0.3, 0.4) is 0 Å². The van der Waals surface area contributed by atoms with Crippen molar-refractivity contribution in [2.75, 3.05) is 0 Å². The first-order valence-electron chi connectivity index (χ1n) is 7.46.